The van der Waals surface area contributed by atoms with Crippen molar-refractivity contribution in [2.45, 2.75) is 45.4 Å². The quantitative estimate of drug-likeness (QED) is 0.781. The largest absolute Gasteiger partial charge is 0.391 e. The molecule has 1 saturated heterocycles. The van der Waals surface area contributed by atoms with Crippen LogP contribution in [0.1, 0.15) is 44.0 Å². The molecule has 1 amide bonds. The van der Waals surface area contributed by atoms with Gasteiger partial charge in [0.25, 0.3) is 5.91 Å². The molecule has 7 heteroatoms. The average molecular weight is 405 g/mol. The number of hydrogen-bond acceptors (Lipinski definition) is 3. The van der Waals surface area contributed by atoms with Crippen LogP contribution in [0.4, 0.5) is 4.39 Å². The minimum Gasteiger partial charge on any atom is -0.391 e. The Hall–Kier alpha value is -0.880. The Labute approximate surface area is 164 Å². The van der Waals surface area contributed by atoms with E-state index >= 15 is 0 Å². The van der Waals surface area contributed by atoms with E-state index in [2.05, 4.69) is 10.2 Å². The van der Waals surface area contributed by atoms with Crippen LogP contribution in [0.2, 0.25) is 10.0 Å². The summed E-state index contributed by atoms with van der Waals surface area (Å²) in [4.78, 5) is 14.3. The van der Waals surface area contributed by atoms with E-state index in [4.69, 9.17) is 23.2 Å². The number of likely N-dealkylation sites (tertiary alicyclic amines) is 1. The predicted molar refractivity (Wildman–Crippen MR) is 104 cm³/mol. The fraction of sp³-hybridized carbons (Fsp3) is 0.632. The average Bonchev–Trinajstić information content (AvgIpc) is 2.53. The van der Waals surface area contributed by atoms with Crippen LogP contribution in [-0.2, 0) is 0 Å². The molecule has 1 fully saturated rings. The molecule has 1 aliphatic rings. The molecule has 0 saturated carbocycles. The van der Waals surface area contributed by atoms with Crippen molar-refractivity contribution < 1.29 is 14.3 Å². The summed E-state index contributed by atoms with van der Waals surface area (Å²) in [5.41, 5.74) is -1.32. The Morgan fingerprint density at radius 1 is 1.27 bits per heavy atom. The standard InChI is InChI=1S/C19H27Cl2FN2O2/c1-18(2,3)16(25)11-24-6-4-19(22,5-7-24)12-23-17(26)13-8-14(20)10-15(21)9-13/h8-10,16,25H,4-7,11-12H2,1-3H3,(H,23,26)/t16-/m0/s1. The summed E-state index contributed by atoms with van der Waals surface area (Å²) in [5.74, 6) is -0.392. The third kappa shape index (κ3) is 6.08. The molecule has 4 nitrogen and oxygen atoms in total. The van der Waals surface area contributed by atoms with E-state index < -0.39 is 17.7 Å². The van der Waals surface area contributed by atoms with Gasteiger partial charge in [-0.2, -0.15) is 0 Å². The molecule has 1 heterocycles. The number of rotatable bonds is 5. The maximum atomic E-state index is 15.0. The number of amides is 1. The second kappa shape index (κ2) is 8.42. The topological polar surface area (TPSA) is 52.6 Å². The highest BCUT2D eigenvalue weighted by molar-refractivity contribution is 6.35. The van der Waals surface area contributed by atoms with Crippen molar-refractivity contribution in [2.24, 2.45) is 5.41 Å². The lowest BCUT2D eigenvalue weighted by molar-refractivity contribution is -0.00179. The summed E-state index contributed by atoms with van der Waals surface area (Å²) in [5, 5.41) is 13.6. The molecule has 0 bridgehead atoms. The van der Waals surface area contributed by atoms with Gasteiger partial charge in [0.15, 0.2) is 0 Å². The molecule has 0 unspecified atom stereocenters. The Morgan fingerprint density at radius 2 is 1.81 bits per heavy atom. The van der Waals surface area contributed by atoms with Crippen LogP contribution in [0.15, 0.2) is 18.2 Å². The fourth-order valence-electron chi connectivity index (χ4n) is 2.86. The van der Waals surface area contributed by atoms with Gasteiger partial charge >= 0.3 is 0 Å². The Kier molecular flexibility index (Phi) is 6.94. The number of β-amino-alcohol motifs (C(OH)–C–C–N with tert-alkyl or cyclic N) is 1. The fourth-order valence-corrected chi connectivity index (χ4v) is 3.38. The SMILES string of the molecule is CC(C)(C)[C@@H](O)CN1CCC(F)(CNC(=O)c2cc(Cl)cc(Cl)c2)CC1. The maximum Gasteiger partial charge on any atom is 0.251 e. The first-order valence-electron chi connectivity index (χ1n) is 8.82. The van der Waals surface area contributed by atoms with E-state index in [0.29, 0.717) is 48.1 Å². The molecule has 1 aliphatic heterocycles. The number of hydrogen-bond donors (Lipinski definition) is 2. The summed E-state index contributed by atoms with van der Waals surface area (Å²) < 4.78 is 15.0. The van der Waals surface area contributed by atoms with Crippen LogP contribution in [0.25, 0.3) is 0 Å². The van der Waals surface area contributed by atoms with Crippen molar-refractivity contribution in [2.75, 3.05) is 26.2 Å². The number of aliphatic hydroxyl groups excluding tert-OH is 1. The second-order valence-electron chi connectivity index (χ2n) is 8.17. The van der Waals surface area contributed by atoms with Crippen LogP contribution in [0.3, 0.4) is 0 Å². The van der Waals surface area contributed by atoms with Gasteiger partial charge in [0.05, 0.1) is 12.6 Å². The van der Waals surface area contributed by atoms with E-state index in [0.717, 1.165) is 0 Å². The highest BCUT2D eigenvalue weighted by Gasteiger charge is 2.36. The maximum absolute atomic E-state index is 15.0. The molecule has 26 heavy (non-hydrogen) atoms. The molecule has 1 aromatic carbocycles. The van der Waals surface area contributed by atoms with E-state index in [-0.39, 0.29) is 12.0 Å². The lowest BCUT2D eigenvalue weighted by Gasteiger charge is -2.39. The zero-order valence-electron chi connectivity index (χ0n) is 15.5. The second-order valence-corrected chi connectivity index (χ2v) is 9.05. The summed E-state index contributed by atoms with van der Waals surface area (Å²) in [6, 6.07) is 4.55. The number of nitrogens with zero attached hydrogens (tertiary/aromatic N) is 1. The number of halogens is 3. The van der Waals surface area contributed by atoms with E-state index in [1.807, 2.05) is 20.8 Å². The molecule has 0 aliphatic carbocycles. The third-order valence-electron chi connectivity index (χ3n) is 4.87. The Balaban J connectivity index is 1.84. The molecule has 2 rings (SSSR count). The smallest absolute Gasteiger partial charge is 0.251 e. The van der Waals surface area contributed by atoms with Gasteiger partial charge in [0.2, 0.25) is 0 Å². The number of carbonyl (C=O) groups is 1. The minimum atomic E-state index is -1.44. The van der Waals surface area contributed by atoms with Crippen molar-refractivity contribution in [1.29, 1.82) is 0 Å². The van der Waals surface area contributed by atoms with Crippen LogP contribution in [0.5, 0.6) is 0 Å². The zero-order chi connectivity index (χ0) is 19.5. The van der Waals surface area contributed by atoms with Gasteiger partial charge in [-0.3, -0.25) is 4.79 Å². The van der Waals surface area contributed by atoms with E-state index in [1.165, 1.54) is 18.2 Å². The normalized spacial score (nSPS) is 19.2. The van der Waals surface area contributed by atoms with Crippen LogP contribution < -0.4 is 5.32 Å². The van der Waals surface area contributed by atoms with E-state index in [9.17, 15) is 14.3 Å². The molecular weight excluding hydrogens is 378 g/mol. The number of benzene rings is 1. The molecule has 146 valence electrons. The molecular formula is C19H27Cl2FN2O2. The molecule has 0 radical (unpaired) electrons. The summed E-state index contributed by atoms with van der Waals surface area (Å²) in [6.45, 7) is 7.56. The van der Waals surface area contributed by atoms with Gasteiger partial charge in [-0.15, -0.1) is 0 Å². The van der Waals surface area contributed by atoms with Crippen molar-refractivity contribution in [1.82, 2.24) is 10.2 Å². The van der Waals surface area contributed by atoms with E-state index in [1.54, 1.807) is 0 Å². The van der Waals surface area contributed by atoms with Crippen molar-refractivity contribution in [3.05, 3.63) is 33.8 Å². The van der Waals surface area contributed by atoms with Crippen LogP contribution >= 0.6 is 23.2 Å². The molecule has 1 atom stereocenters. The number of nitrogens with one attached hydrogen (secondary N) is 1. The number of aliphatic hydroxyl groups is 1. The van der Waals surface area contributed by atoms with Gasteiger partial charge in [-0.05, 0) is 36.5 Å². The van der Waals surface area contributed by atoms with Gasteiger partial charge in [-0.25, -0.2) is 4.39 Å². The minimum absolute atomic E-state index is 0.0500. The van der Waals surface area contributed by atoms with Crippen LogP contribution in [-0.4, -0.2) is 53.9 Å². The number of alkyl halides is 1. The van der Waals surface area contributed by atoms with Crippen molar-refractivity contribution >= 4 is 29.1 Å². The first kappa shape index (κ1) is 21.4. The van der Waals surface area contributed by atoms with Gasteiger partial charge in [-0.1, -0.05) is 44.0 Å². The molecule has 0 aromatic heterocycles. The molecule has 0 spiro atoms. The molecule has 2 N–H and O–H groups in total. The summed E-state index contributed by atoms with van der Waals surface area (Å²) >= 11 is 11.8. The highest BCUT2D eigenvalue weighted by Crippen LogP contribution is 2.28. The summed E-state index contributed by atoms with van der Waals surface area (Å²) in [7, 11) is 0. The van der Waals surface area contributed by atoms with Gasteiger partial charge in [0.1, 0.15) is 5.67 Å². The Bertz CT molecular complexity index is 621. The Morgan fingerprint density at radius 3 is 2.31 bits per heavy atom. The lowest BCUT2D eigenvalue weighted by atomic mass is 9.87. The number of carbonyl (C=O) groups excluding carboxylic acids is 1. The summed E-state index contributed by atoms with van der Waals surface area (Å²) in [6.07, 6.45) is 0.183. The van der Waals surface area contributed by atoms with Crippen LogP contribution in [0, 0.1) is 5.41 Å². The first-order valence-corrected chi connectivity index (χ1v) is 9.58. The van der Waals surface area contributed by atoms with Crippen molar-refractivity contribution in [3.8, 4) is 0 Å². The lowest BCUT2D eigenvalue weighted by Crippen LogP contribution is -2.50. The molecule has 1 aromatic rings. The predicted octanol–water partition coefficient (Wildman–Crippen LogP) is 3.93. The van der Waals surface area contributed by atoms with Crippen molar-refractivity contribution in [3.63, 3.8) is 0 Å². The van der Waals surface area contributed by atoms with Gasteiger partial charge in [0, 0.05) is 35.2 Å². The highest BCUT2D eigenvalue weighted by atomic mass is 35.5. The first-order chi connectivity index (χ1) is 12.0. The third-order valence-corrected chi connectivity index (χ3v) is 5.31. The van der Waals surface area contributed by atoms with Gasteiger partial charge < -0.3 is 15.3 Å². The number of piperidine rings is 1. The zero-order valence-corrected chi connectivity index (χ0v) is 17.0. The monoisotopic (exact) mass is 404 g/mol.